The fourth-order valence-electron chi connectivity index (χ4n) is 1.63. The molecule has 0 radical (unpaired) electrons. The zero-order valence-corrected chi connectivity index (χ0v) is 10.4. The third kappa shape index (κ3) is 2.98. The lowest BCUT2D eigenvalue weighted by Gasteiger charge is -2.07. The van der Waals surface area contributed by atoms with Crippen LogP contribution in [0.5, 0.6) is 0 Å². The smallest absolute Gasteiger partial charge is 0.207 e. The van der Waals surface area contributed by atoms with Gasteiger partial charge in [-0.05, 0) is 47.5 Å². The Labute approximate surface area is 112 Å². The topological polar surface area (TPSA) is 0 Å². The Bertz CT molecular complexity index is 562. The largest absolute Gasteiger partial charge is 0.263 e. The normalized spacial score (nSPS) is 11.0. The molecule has 0 heterocycles. The van der Waals surface area contributed by atoms with Gasteiger partial charge in [0.2, 0.25) is 0 Å². The van der Waals surface area contributed by atoms with E-state index in [4.69, 9.17) is 23.2 Å². The van der Waals surface area contributed by atoms with Crippen molar-refractivity contribution in [2.75, 3.05) is 0 Å². The summed E-state index contributed by atoms with van der Waals surface area (Å²) in [6.45, 7) is 0. The molecule has 18 heavy (non-hydrogen) atoms. The molecule has 0 bridgehead atoms. The summed E-state index contributed by atoms with van der Waals surface area (Å²) in [5, 5.41) is 0.723. The third-order valence-electron chi connectivity index (χ3n) is 2.37. The molecule has 0 nitrogen and oxygen atoms in total. The fourth-order valence-corrected chi connectivity index (χ4v) is 2.15. The van der Waals surface area contributed by atoms with Crippen molar-refractivity contribution in [1.82, 2.24) is 0 Å². The SMILES string of the molecule is Fc1cc(-c2cc(Cl)cc(Cl)c2)cc(C(F)F)c1. The Morgan fingerprint density at radius 1 is 0.778 bits per heavy atom. The van der Waals surface area contributed by atoms with E-state index in [2.05, 4.69) is 0 Å². The first-order valence-electron chi connectivity index (χ1n) is 5.01. The molecule has 0 atom stereocenters. The van der Waals surface area contributed by atoms with Crippen LogP contribution in [0.15, 0.2) is 36.4 Å². The van der Waals surface area contributed by atoms with Gasteiger partial charge in [-0.25, -0.2) is 13.2 Å². The van der Waals surface area contributed by atoms with Crippen LogP contribution in [0.25, 0.3) is 11.1 Å². The zero-order valence-electron chi connectivity index (χ0n) is 8.93. The lowest BCUT2D eigenvalue weighted by atomic mass is 10.0. The van der Waals surface area contributed by atoms with Gasteiger partial charge in [-0.1, -0.05) is 23.2 Å². The van der Waals surface area contributed by atoms with Gasteiger partial charge in [0.25, 0.3) is 6.43 Å². The van der Waals surface area contributed by atoms with Gasteiger partial charge in [0.1, 0.15) is 5.82 Å². The highest BCUT2D eigenvalue weighted by atomic mass is 35.5. The molecule has 2 aromatic rings. The summed E-state index contributed by atoms with van der Waals surface area (Å²) in [5.74, 6) is -0.723. The molecule has 0 saturated heterocycles. The van der Waals surface area contributed by atoms with E-state index in [1.807, 2.05) is 0 Å². The van der Waals surface area contributed by atoms with E-state index in [9.17, 15) is 13.2 Å². The Kier molecular flexibility index (Phi) is 3.83. The van der Waals surface area contributed by atoms with Crippen LogP contribution >= 0.6 is 23.2 Å². The highest BCUT2D eigenvalue weighted by Crippen LogP contribution is 2.30. The van der Waals surface area contributed by atoms with E-state index in [-0.39, 0.29) is 5.56 Å². The molecule has 2 rings (SSSR count). The van der Waals surface area contributed by atoms with Gasteiger partial charge in [-0.15, -0.1) is 0 Å². The van der Waals surface area contributed by atoms with Gasteiger partial charge in [0.15, 0.2) is 0 Å². The molecular formula is C13H7Cl2F3. The van der Waals surface area contributed by atoms with Crippen LogP contribution < -0.4 is 0 Å². The lowest BCUT2D eigenvalue weighted by molar-refractivity contribution is 0.151. The van der Waals surface area contributed by atoms with Crippen molar-refractivity contribution in [3.63, 3.8) is 0 Å². The van der Waals surface area contributed by atoms with Crippen molar-refractivity contribution in [3.8, 4) is 11.1 Å². The van der Waals surface area contributed by atoms with Crippen molar-refractivity contribution in [2.45, 2.75) is 6.43 Å². The molecule has 0 amide bonds. The molecule has 0 aliphatic rings. The fraction of sp³-hybridized carbons (Fsp3) is 0.0769. The van der Waals surface area contributed by atoms with Crippen LogP contribution in [0.3, 0.4) is 0 Å². The Balaban J connectivity index is 2.56. The summed E-state index contributed by atoms with van der Waals surface area (Å²) in [7, 11) is 0. The van der Waals surface area contributed by atoms with Gasteiger partial charge in [0, 0.05) is 15.6 Å². The Hall–Kier alpha value is -1.19. The number of benzene rings is 2. The average Bonchev–Trinajstić information content (AvgIpc) is 2.26. The Morgan fingerprint density at radius 2 is 1.33 bits per heavy atom. The van der Waals surface area contributed by atoms with E-state index in [1.165, 1.54) is 24.3 Å². The second-order valence-electron chi connectivity index (χ2n) is 3.73. The zero-order chi connectivity index (χ0) is 13.3. The summed E-state index contributed by atoms with van der Waals surface area (Å²) in [5.41, 5.74) is 0.435. The van der Waals surface area contributed by atoms with E-state index < -0.39 is 12.2 Å². The standard InChI is InChI=1S/C13H7Cl2F3/c14-10-2-8(3-11(15)6-10)7-1-9(13(17)18)5-12(16)4-7/h1-6,13H. The molecule has 5 heteroatoms. The average molecular weight is 291 g/mol. The van der Waals surface area contributed by atoms with Crippen molar-refractivity contribution in [2.24, 2.45) is 0 Å². The summed E-state index contributed by atoms with van der Waals surface area (Å²) >= 11 is 11.6. The van der Waals surface area contributed by atoms with Crippen LogP contribution in [-0.4, -0.2) is 0 Å². The molecule has 0 spiro atoms. The number of hydrogen-bond acceptors (Lipinski definition) is 0. The van der Waals surface area contributed by atoms with E-state index >= 15 is 0 Å². The quantitative estimate of drug-likeness (QED) is 0.662. The first kappa shape index (κ1) is 13.2. The van der Waals surface area contributed by atoms with E-state index in [0.29, 0.717) is 21.2 Å². The van der Waals surface area contributed by atoms with Crippen LogP contribution in [0.2, 0.25) is 10.0 Å². The van der Waals surface area contributed by atoms with Crippen LogP contribution in [0.1, 0.15) is 12.0 Å². The molecule has 0 aromatic heterocycles. The molecule has 0 aliphatic heterocycles. The second-order valence-corrected chi connectivity index (χ2v) is 4.60. The monoisotopic (exact) mass is 290 g/mol. The number of alkyl halides is 2. The van der Waals surface area contributed by atoms with Gasteiger partial charge >= 0.3 is 0 Å². The number of rotatable bonds is 2. The molecular weight excluding hydrogens is 284 g/mol. The van der Waals surface area contributed by atoms with Crippen molar-refractivity contribution in [3.05, 3.63) is 57.8 Å². The van der Waals surface area contributed by atoms with Crippen molar-refractivity contribution < 1.29 is 13.2 Å². The maximum atomic E-state index is 13.3. The highest BCUT2D eigenvalue weighted by molar-refractivity contribution is 6.35. The van der Waals surface area contributed by atoms with Gasteiger partial charge < -0.3 is 0 Å². The lowest BCUT2D eigenvalue weighted by Crippen LogP contribution is -1.89. The predicted molar refractivity (Wildman–Crippen MR) is 66.8 cm³/mol. The summed E-state index contributed by atoms with van der Waals surface area (Å²) in [6.07, 6.45) is -2.73. The maximum absolute atomic E-state index is 13.3. The van der Waals surface area contributed by atoms with Gasteiger partial charge in [-0.3, -0.25) is 0 Å². The molecule has 0 unspecified atom stereocenters. The number of halogens is 5. The third-order valence-corrected chi connectivity index (χ3v) is 2.80. The molecule has 0 aliphatic carbocycles. The maximum Gasteiger partial charge on any atom is 0.263 e. The van der Waals surface area contributed by atoms with Crippen LogP contribution in [0, 0.1) is 5.82 Å². The first-order chi connectivity index (χ1) is 8.45. The van der Waals surface area contributed by atoms with Crippen molar-refractivity contribution >= 4 is 23.2 Å². The number of hydrogen-bond donors (Lipinski definition) is 0. The predicted octanol–water partition coefficient (Wildman–Crippen LogP) is 5.74. The van der Waals surface area contributed by atoms with Gasteiger partial charge in [-0.2, -0.15) is 0 Å². The van der Waals surface area contributed by atoms with Crippen molar-refractivity contribution in [1.29, 1.82) is 0 Å². The minimum absolute atomic E-state index is 0.315. The van der Waals surface area contributed by atoms with E-state index in [0.717, 1.165) is 12.1 Å². The molecule has 0 N–H and O–H groups in total. The first-order valence-corrected chi connectivity index (χ1v) is 5.76. The summed E-state index contributed by atoms with van der Waals surface area (Å²) in [4.78, 5) is 0. The molecule has 0 saturated carbocycles. The minimum Gasteiger partial charge on any atom is -0.207 e. The molecule has 2 aromatic carbocycles. The molecule has 94 valence electrons. The molecule has 0 fully saturated rings. The van der Waals surface area contributed by atoms with Crippen LogP contribution in [-0.2, 0) is 0 Å². The van der Waals surface area contributed by atoms with Crippen LogP contribution in [0.4, 0.5) is 13.2 Å². The Morgan fingerprint density at radius 3 is 1.89 bits per heavy atom. The minimum atomic E-state index is -2.73. The highest BCUT2D eigenvalue weighted by Gasteiger charge is 2.11. The second kappa shape index (κ2) is 5.21. The summed E-state index contributed by atoms with van der Waals surface area (Å²) in [6, 6.07) is 7.78. The summed E-state index contributed by atoms with van der Waals surface area (Å²) < 4.78 is 38.4. The van der Waals surface area contributed by atoms with E-state index in [1.54, 1.807) is 0 Å². The van der Waals surface area contributed by atoms with Gasteiger partial charge in [0.05, 0.1) is 0 Å².